The summed E-state index contributed by atoms with van der Waals surface area (Å²) in [7, 11) is 1.34. The van der Waals surface area contributed by atoms with Crippen LogP contribution in [0.5, 0.6) is 28.7 Å². The van der Waals surface area contributed by atoms with Crippen molar-refractivity contribution in [1.82, 2.24) is 0 Å². The molecule has 2 aliphatic rings. The van der Waals surface area contributed by atoms with Gasteiger partial charge in [0.25, 0.3) is 0 Å². The van der Waals surface area contributed by atoms with Gasteiger partial charge < -0.3 is 78.7 Å². The molecule has 0 unspecified atom stereocenters. The van der Waals surface area contributed by atoms with Crippen LogP contribution in [0.1, 0.15) is 22.3 Å². The monoisotopic (exact) mass is 956 g/mol. The molecule has 364 valence electrons. The largest absolute Gasteiger partial charge is 0.508 e. The number of aromatic hydroxyl groups is 4. The number of hydrogen-bond donors (Lipinski definition) is 8. The molecule has 0 spiro atoms. The molecule has 20 heteroatoms. The van der Waals surface area contributed by atoms with E-state index in [0.29, 0.717) is 22.3 Å². The smallest absolute Gasteiger partial charge is 0.331 e. The van der Waals surface area contributed by atoms with Crippen LogP contribution in [0.4, 0.5) is 0 Å². The Morgan fingerprint density at radius 2 is 1.00 bits per heavy atom. The number of esters is 4. The zero-order valence-electron chi connectivity index (χ0n) is 36.5. The normalized spacial score (nSPS) is 24.7. The number of benzene rings is 4. The summed E-state index contributed by atoms with van der Waals surface area (Å²) in [6.45, 7) is -2.57. The minimum absolute atomic E-state index is 0.00809. The highest BCUT2D eigenvalue weighted by molar-refractivity contribution is 5.89. The van der Waals surface area contributed by atoms with Crippen molar-refractivity contribution < 1.29 is 97.9 Å². The van der Waals surface area contributed by atoms with Crippen LogP contribution in [0.25, 0.3) is 24.3 Å². The van der Waals surface area contributed by atoms with Gasteiger partial charge in [0.15, 0.2) is 23.9 Å². The maximum atomic E-state index is 13.5. The van der Waals surface area contributed by atoms with Gasteiger partial charge in [-0.1, -0.05) is 42.5 Å². The Kier molecular flexibility index (Phi) is 17.3. The van der Waals surface area contributed by atoms with E-state index >= 15 is 0 Å². The predicted molar refractivity (Wildman–Crippen MR) is 239 cm³/mol. The number of phenols is 4. The fourth-order valence-corrected chi connectivity index (χ4v) is 6.75. The summed E-state index contributed by atoms with van der Waals surface area (Å²) in [5.41, 5.74) is 1.85. The molecule has 4 aromatic rings. The van der Waals surface area contributed by atoms with Gasteiger partial charge >= 0.3 is 23.9 Å². The minimum Gasteiger partial charge on any atom is -0.508 e. The SMILES string of the molecule is COc1cc(/C=C/C(=O)OC[C@H]2O[C@@H](O[C@]3(COC(=O)/C=C/c4ccc(O)cc4)O[C@H](COC(=O)/C=C/c4ccc(O)cc4)[C@@H](O)[C@@H]3OC(=O)/C=C/c3ccc(O)cc3)[C@H](O)[C@@H](O)[C@@H]2O)ccc1O. The highest BCUT2D eigenvalue weighted by Crippen LogP contribution is 2.39. The highest BCUT2D eigenvalue weighted by Gasteiger charge is 2.62. The summed E-state index contributed by atoms with van der Waals surface area (Å²) in [5.74, 6) is -6.87. The first-order chi connectivity index (χ1) is 33.0. The van der Waals surface area contributed by atoms with Gasteiger partial charge in [0.05, 0.1) is 7.11 Å². The number of aliphatic hydroxyl groups excluding tert-OH is 4. The second kappa shape index (κ2) is 23.4. The number of phenolic OH excluding ortho intramolecular Hbond substituents is 4. The quantitative estimate of drug-likeness (QED) is 0.0404. The number of ether oxygens (including phenoxy) is 8. The molecule has 9 atom stereocenters. The van der Waals surface area contributed by atoms with E-state index in [1.54, 1.807) is 0 Å². The summed E-state index contributed by atoms with van der Waals surface area (Å²) in [5, 5.41) is 83.7. The molecule has 0 amide bonds. The number of methoxy groups -OCH3 is 1. The van der Waals surface area contributed by atoms with Crippen LogP contribution >= 0.6 is 0 Å². The van der Waals surface area contributed by atoms with Crippen molar-refractivity contribution in [2.45, 2.75) is 54.8 Å². The van der Waals surface area contributed by atoms with Gasteiger partial charge in [0, 0.05) is 24.3 Å². The van der Waals surface area contributed by atoms with Gasteiger partial charge in [-0.25, -0.2) is 19.2 Å². The van der Waals surface area contributed by atoms with E-state index in [1.807, 2.05) is 0 Å². The van der Waals surface area contributed by atoms with Gasteiger partial charge in [-0.2, -0.15) is 0 Å². The first-order valence-corrected chi connectivity index (χ1v) is 20.9. The lowest BCUT2D eigenvalue weighted by Crippen LogP contribution is -2.63. The minimum atomic E-state index is -2.69. The van der Waals surface area contributed by atoms with E-state index in [1.165, 1.54) is 122 Å². The Bertz CT molecular complexity index is 2520. The Morgan fingerprint density at radius 1 is 0.551 bits per heavy atom. The Labute approximate surface area is 393 Å². The third-order valence-corrected chi connectivity index (χ3v) is 10.4. The fourth-order valence-electron chi connectivity index (χ4n) is 6.75. The van der Waals surface area contributed by atoms with Gasteiger partial charge in [-0.3, -0.25) is 0 Å². The molecule has 0 radical (unpaired) electrons. The molecular weight excluding hydrogens is 909 g/mol. The van der Waals surface area contributed by atoms with Crippen LogP contribution in [-0.4, -0.2) is 146 Å². The van der Waals surface area contributed by atoms with Gasteiger partial charge in [0.1, 0.15) is 73.7 Å². The third kappa shape index (κ3) is 14.0. The number of aliphatic hydroxyl groups is 4. The van der Waals surface area contributed by atoms with E-state index in [0.717, 1.165) is 24.3 Å². The van der Waals surface area contributed by atoms with Crippen LogP contribution in [-0.2, 0) is 52.3 Å². The van der Waals surface area contributed by atoms with Crippen LogP contribution in [0, 0.1) is 0 Å². The molecular formula is C49H48O20. The molecule has 4 aromatic carbocycles. The van der Waals surface area contributed by atoms with Gasteiger partial charge in [0.2, 0.25) is 5.79 Å². The van der Waals surface area contributed by atoms with Gasteiger partial charge in [-0.05, 0) is 95.1 Å². The van der Waals surface area contributed by atoms with Crippen molar-refractivity contribution >= 4 is 48.2 Å². The van der Waals surface area contributed by atoms with Crippen LogP contribution in [0.2, 0.25) is 0 Å². The van der Waals surface area contributed by atoms with Crippen molar-refractivity contribution in [3.8, 4) is 28.7 Å². The van der Waals surface area contributed by atoms with E-state index in [4.69, 9.17) is 37.9 Å². The number of rotatable bonds is 18. The van der Waals surface area contributed by atoms with Crippen LogP contribution < -0.4 is 4.74 Å². The molecule has 2 heterocycles. The molecule has 2 aliphatic heterocycles. The van der Waals surface area contributed by atoms with E-state index < -0.39 is 98.5 Å². The summed E-state index contributed by atoms with van der Waals surface area (Å²) < 4.78 is 45.0. The molecule has 2 fully saturated rings. The average molecular weight is 957 g/mol. The zero-order chi connectivity index (χ0) is 49.7. The standard InChI is InChI=1S/C49H48O20/c1-62-36-24-31(8-19-35(36)53)12-22-40(55)63-25-37-43(58)45(60)46(61)48(66-37)69-49(27-65-41(56)21-10-29-4-15-33(51)16-5-29)47(67-42(57)23-11-30-6-17-34(52)18-7-30)44(59)38(68-49)26-64-39(54)20-9-28-2-13-32(50)14-3-28/h2-24,37-38,43-48,50-53,58-61H,25-27H2,1H3/b20-9+,21-10+,22-12+,23-11+/t37-,38-,43-,44-,45+,46-,47+,48+,49+/m1/s1. The topological polar surface area (TPSA) is 304 Å². The van der Waals surface area contributed by atoms with E-state index in [9.17, 15) is 60.0 Å². The lowest BCUT2D eigenvalue weighted by Gasteiger charge is -2.43. The molecule has 0 aromatic heterocycles. The molecule has 2 saturated heterocycles. The van der Waals surface area contributed by atoms with Crippen LogP contribution in [0.3, 0.4) is 0 Å². The van der Waals surface area contributed by atoms with Crippen molar-refractivity contribution in [1.29, 1.82) is 0 Å². The maximum absolute atomic E-state index is 13.5. The van der Waals surface area contributed by atoms with Crippen molar-refractivity contribution in [3.63, 3.8) is 0 Å². The molecule has 8 N–H and O–H groups in total. The Balaban J connectivity index is 1.27. The summed E-state index contributed by atoms with van der Waals surface area (Å²) in [6, 6.07) is 21.5. The van der Waals surface area contributed by atoms with Crippen molar-refractivity contribution in [3.05, 3.63) is 138 Å². The van der Waals surface area contributed by atoms with E-state index in [2.05, 4.69) is 0 Å². The Hall–Kier alpha value is -7.56. The number of carbonyl (C=O) groups excluding carboxylic acids is 4. The lowest BCUT2D eigenvalue weighted by molar-refractivity contribution is -0.383. The fraction of sp³-hybridized carbons (Fsp3) is 0.265. The highest BCUT2D eigenvalue weighted by atomic mass is 16.8. The predicted octanol–water partition coefficient (Wildman–Crippen LogP) is 2.49. The maximum Gasteiger partial charge on any atom is 0.331 e. The molecule has 20 nitrogen and oxygen atoms in total. The summed E-state index contributed by atoms with van der Waals surface area (Å²) in [6.07, 6.45) is -6.19. The molecule has 0 saturated carbocycles. The second-order valence-corrected chi connectivity index (χ2v) is 15.4. The van der Waals surface area contributed by atoms with Crippen molar-refractivity contribution in [2.75, 3.05) is 26.9 Å². The van der Waals surface area contributed by atoms with Crippen LogP contribution in [0.15, 0.2) is 115 Å². The number of hydrogen-bond acceptors (Lipinski definition) is 20. The first-order valence-electron chi connectivity index (χ1n) is 20.9. The first kappa shape index (κ1) is 50.8. The second-order valence-electron chi connectivity index (χ2n) is 15.4. The number of carbonyl (C=O) groups is 4. The Morgan fingerprint density at radius 3 is 1.51 bits per heavy atom. The zero-order valence-corrected chi connectivity index (χ0v) is 36.5. The van der Waals surface area contributed by atoms with E-state index in [-0.39, 0.29) is 28.7 Å². The molecule has 0 bridgehead atoms. The molecule has 6 rings (SSSR count). The lowest BCUT2D eigenvalue weighted by atomic mass is 9.98. The van der Waals surface area contributed by atoms with Crippen molar-refractivity contribution in [2.24, 2.45) is 0 Å². The van der Waals surface area contributed by atoms with Gasteiger partial charge in [-0.15, -0.1) is 0 Å². The molecule has 0 aliphatic carbocycles. The third-order valence-electron chi connectivity index (χ3n) is 10.4. The average Bonchev–Trinajstić information content (AvgIpc) is 3.59. The summed E-state index contributed by atoms with van der Waals surface area (Å²) in [4.78, 5) is 52.4. The summed E-state index contributed by atoms with van der Waals surface area (Å²) >= 11 is 0. The molecule has 69 heavy (non-hydrogen) atoms.